The Morgan fingerprint density at radius 1 is 1.19 bits per heavy atom. The molecule has 0 radical (unpaired) electrons. The fraction of sp³-hybridized carbons (Fsp3) is 0.308. The summed E-state index contributed by atoms with van der Waals surface area (Å²) in [5.41, 5.74) is 2.53. The van der Waals surface area contributed by atoms with E-state index in [0.717, 1.165) is 12.8 Å². The van der Waals surface area contributed by atoms with Crippen LogP contribution in [0.4, 0.5) is 0 Å². The first-order chi connectivity index (χ1) is 7.88. The van der Waals surface area contributed by atoms with Gasteiger partial charge in [0.15, 0.2) is 0 Å². The van der Waals surface area contributed by atoms with E-state index in [1.807, 2.05) is 25.5 Å². The van der Waals surface area contributed by atoms with Crippen LogP contribution in [0.15, 0.2) is 47.5 Å². The number of rotatable bonds is 5. The second-order valence-electron chi connectivity index (χ2n) is 3.88. The Labute approximate surface area is 95.5 Å². The molecule has 1 unspecified atom stereocenters. The number of likely N-dealkylation sites (N-methyl/N-ethyl adjacent to an activating group) is 1. The summed E-state index contributed by atoms with van der Waals surface area (Å²) in [6, 6.07) is 6.55. The molecule has 0 saturated carbocycles. The van der Waals surface area contributed by atoms with Gasteiger partial charge < -0.3 is 9.73 Å². The van der Waals surface area contributed by atoms with Crippen molar-refractivity contribution in [3.63, 3.8) is 0 Å². The largest absolute Gasteiger partial charge is 0.472 e. The molecule has 0 fully saturated rings. The van der Waals surface area contributed by atoms with E-state index in [1.165, 1.54) is 11.1 Å². The topological polar surface area (TPSA) is 38.1 Å². The fourth-order valence-electron chi connectivity index (χ4n) is 1.77. The zero-order chi connectivity index (χ0) is 11.2. The van der Waals surface area contributed by atoms with Gasteiger partial charge in [-0.25, -0.2) is 0 Å². The molecule has 2 heterocycles. The van der Waals surface area contributed by atoms with Crippen molar-refractivity contribution in [2.45, 2.75) is 18.9 Å². The summed E-state index contributed by atoms with van der Waals surface area (Å²) in [5.74, 6) is 0. The van der Waals surface area contributed by atoms with Gasteiger partial charge in [0.25, 0.3) is 0 Å². The highest BCUT2D eigenvalue weighted by molar-refractivity contribution is 5.14. The lowest BCUT2D eigenvalue weighted by molar-refractivity contribution is 0.538. The Kier molecular flexibility index (Phi) is 3.72. The molecular formula is C13H16N2O. The van der Waals surface area contributed by atoms with Crippen molar-refractivity contribution in [3.05, 3.63) is 54.2 Å². The van der Waals surface area contributed by atoms with Gasteiger partial charge in [-0.1, -0.05) is 0 Å². The van der Waals surface area contributed by atoms with Crippen LogP contribution in [0.1, 0.15) is 11.1 Å². The minimum Gasteiger partial charge on any atom is -0.472 e. The average molecular weight is 216 g/mol. The van der Waals surface area contributed by atoms with E-state index < -0.39 is 0 Å². The van der Waals surface area contributed by atoms with E-state index in [9.17, 15) is 0 Å². The van der Waals surface area contributed by atoms with Crippen molar-refractivity contribution in [2.75, 3.05) is 7.05 Å². The summed E-state index contributed by atoms with van der Waals surface area (Å²) >= 11 is 0. The van der Waals surface area contributed by atoms with Gasteiger partial charge in [0, 0.05) is 18.4 Å². The molecule has 3 heteroatoms. The zero-order valence-electron chi connectivity index (χ0n) is 9.39. The molecule has 0 bridgehead atoms. The maximum Gasteiger partial charge on any atom is 0.0935 e. The minimum atomic E-state index is 0.431. The normalized spacial score (nSPS) is 12.6. The number of hydrogen-bond acceptors (Lipinski definition) is 3. The first-order valence-corrected chi connectivity index (χ1v) is 5.45. The molecule has 2 rings (SSSR count). The van der Waals surface area contributed by atoms with Crippen LogP contribution in [0.2, 0.25) is 0 Å². The Bertz CT molecular complexity index is 397. The van der Waals surface area contributed by atoms with Gasteiger partial charge in [-0.3, -0.25) is 4.98 Å². The average Bonchev–Trinajstić information content (AvgIpc) is 2.82. The van der Waals surface area contributed by atoms with E-state index in [2.05, 4.69) is 22.4 Å². The molecule has 0 aliphatic rings. The SMILES string of the molecule is CNC(Cc1ccncc1)Cc1ccoc1. The number of hydrogen-bond donors (Lipinski definition) is 1. The molecule has 3 nitrogen and oxygen atoms in total. The summed E-state index contributed by atoms with van der Waals surface area (Å²) in [5, 5.41) is 3.33. The molecule has 2 aromatic rings. The van der Waals surface area contributed by atoms with Crippen LogP contribution in [0.5, 0.6) is 0 Å². The van der Waals surface area contributed by atoms with E-state index in [0.29, 0.717) is 6.04 Å². The van der Waals surface area contributed by atoms with Gasteiger partial charge in [-0.15, -0.1) is 0 Å². The third kappa shape index (κ3) is 2.94. The van der Waals surface area contributed by atoms with Crippen molar-refractivity contribution in [1.29, 1.82) is 0 Å². The van der Waals surface area contributed by atoms with E-state index in [4.69, 9.17) is 4.42 Å². The van der Waals surface area contributed by atoms with Gasteiger partial charge in [0.2, 0.25) is 0 Å². The lowest BCUT2D eigenvalue weighted by Gasteiger charge is -2.14. The highest BCUT2D eigenvalue weighted by Gasteiger charge is 2.08. The number of pyridine rings is 1. The lowest BCUT2D eigenvalue weighted by atomic mass is 10.0. The summed E-state index contributed by atoms with van der Waals surface area (Å²) < 4.78 is 5.07. The van der Waals surface area contributed by atoms with Gasteiger partial charge in [0.1, 0.15) is 0 Å². The highest BCUT2D eigenvalue weighted by atomic mass is 16.3. The van der Waals surface area contributed by atoms with Crippen LogP contribution in [-0.2, 0) is 12.8 Å². The molecule has 0 aromatic carbocycles. The van der Waals surface area contributed by atoms with Gasteiger partial charge in [-0.05, 0) is 49.2 Å². The van der Waals surface area contributed by atoms with E-state index >= 15 is 0 Å². The quantitative estimate of drug-likeness (QED) is 0.831. The second-order valence-corrected chi connectivity index (χ2v) is 3.88. The maximum absolute atomic E-state index is 5.07. The van der Waals surface area contributed by atoms with Crippen LogP contribution < -0.4 is 5.32 Å². The minimum absolute atomic E-state index is 0.431. The molecule has 1 atom stereocenters. The van der Waals surface area contributed by atoms with E-state index in [-0.39, 0.29) is 0 Å². The summed E-state index contributed by atoms with van der Waals surface area (Å²) in [4.78, 5) is 4.02. The molecule has 16 heavy (non-hydrogen) atoms. The van der Waals surface area contributed by atoms with Crippen LogP contribution >= 0.6 is 0 Å². The predicted molar refractivity (Wildman–Crippen MR) is 63.2 cm³/mol. The Balaban J connectivity index is 1.96. The van der Waals surface area contributed by atoms with Crippen LogP contribution in [0.3, 0.4) is 0 Å². The molecule has 2 aromatic heterocycles. The third-order valence-electron chi connectivity index (χ3n) is 2.70. The Morgan fingerprint density at radius 3 is 2.56 bits per heavy atom. The van der Waals surface area contributed by atoms with Crippen LogP contribution in [-0.4, -0.2) is 18.1 Å². The molecule has 0 saturated heterocycles. The Hall–Kier alpha value is -1.61. The first kappa shape index (κ1) is 10.9. The smallest absolute Gasteiger partial charge is 0.0935 e. The predicted octanol–water partition coefficient (Wildman–Crippen LogP) is 2.05. The highest BCUT2D eigenvalue weighted by Crippen LogP contribution is 2.08. The molecule has 0 aliphatic heterocycles. The fourth-order valence-corrected chi connectivity index (χ4v) is 1.77. The van der Waals surface area contributed by atoms with Gasteiger partial charge in [-0.2, -0.15) is 0 Å². The molecule has 0 amide bonds. The third-order valence-corrected chi connectivity index (χ3v) is 2.70. The molecular weight excluding hydrogens is 200 g/mol. The number of nitrogens with zero attached hydrogens (tertiary/aromatic N) is 1. The molecule has 84 valence electrons. The maximum atomic E-state index is 5.07. The number of nitrogens with one attached hydrogen (secondary N) is 1. The summed E-state index contributed by atoms with van der Waals surface area (Å²) in [6.45, 7) is 0. The molecule has 0 spiro atoms. The van der Waals surface area contributed by atoms with Crippen LogP contribution in [0, 0.1) is 0 Å². The van der Waals surface area contributed by atoms with Crippen molar-refractivity contribution >= 4 is 0 Å². The van der Waals surface area contributed by atoms with Gasteiger partial charge in [0.05, 0.1) is 12.5 Å². The monoisotopic (exact) mass is 216 g/mol. The lowest BCUT2D eigenvalue weighted by Crippen LogP contribution is -2.29. The van der Waals surface area contributed by atoms with Crippen molar-refractivity contribution in [3.8, 4) is 0 Å². The second kappa shape index (κ2) is 5.47. The Morgan fingerprint density at radius 2 is 1.94 bits per heavy atom. The molecule has 1 N–H and O–H groups in total. The first-order valence-electron chi connectivity index (χ1n) is 5.45. The zero-order valence-corrected chi connectivity index (χ0v) is 9.39. The van der Waals surface area contributed by atoms with E-state index in [1.54, 1.807) is 12.5 Å². The number of furan rings is 1. The van der Waals surface area contributed by atoms with Crippen LogP contribution in [0.25, 0.3) is 0 Å². The standard InChI is InChI=1S/C13H16N2O/c1-14-13(9-12-4-7-16-10-12)8-11-2-5-15-6-3-11/h2-7,10,13-14H,8-9H2,1H3. The summed E-state index contributed by atoms with van der Waals surface area (Å²) in [7, 11) is 1.99. The van der Waals surface area contributed by atoms with Gasteiger partial charge >= 0.3 is 0 Å². The number of aromatic nitrogens is 1. The van der Waals surface area contributed by atoms with Crippen molar-refractivity contribution < 1.29 is 4.42 Å². The van der Waals surface area contributed by atoms with Crippen molar-refractivity contribution in [1.82, 2.24) is 10.3 Å². The van der Waals surface area contributed by atoms with Crippen molar-refractivity contribution in [2.24, 2.45) is 0 Å². The summed E-state index contributed by atoms with van der Waals surface area (Å²) in [6.07, 6.45) is 9.17. The molecule has 0 aliphatic carbocycles.